The fourth-order valence-corrected chi connectivity index (χ4v) is 9.07. The monoisotopic (exact) mass is 776 g/mol. The second kappa shape index (κ2) is 14.3. The molecule has 3 nitrogen and oxygen atoms in total. The standard InChI is InChI=1S/C58H36N2O/c1-2-14-38(15-3-1)58-59-53(36-54(60-58)45-21-11-18-40(32-45)42-28-30-56-52(34-42)49-25-8-9-26-55(49)61-56)44-20-10-17-39(31-44)41-19-12-22-46(33-41)57-48-24-7-5-16-43(48)35-51-47-23-6-4-13-37(47)27-29-50(51)57/h1-36H. The molecule has 0 bridgehead atoms. The highest BCUT2D eigenvalue weighted by Gasteiger charge is 2.16. The number of furan rings is 1. The summed E-state index contributed by atoms with van der Waals surface area (Å²) >= 11 is 0. The van der Waals surface area contributed by atoms with Gasteiger partial charge in [-0.2, -0.15) is 0 Å². The van der Waals surface area contributed by atoms with E-state index >= 15 is 0 Å². The van der Waals surface area contributed by atoms with Crippen molar-refractivity contribution in [2.45, 2.75) is 0 Å². The molecule has 0 saturated carbocycles. The lowest BCUT2D eigenvalue weighted by atomic mass is 9.88. The van der Waals surface area contributed by atoms with E-state index in [-0.39, 0.29) is 0 Å². The number of para-hydroxylation sites is 1. The summed E-state index contributed by atoms with van der Waals surface area (Å²) in [6, 6.07) is 77.7. The molecule has 61 heavy (non-hydrogen) atoms. The lowest BCUT2D eigenvalue weighted by molar-refractivity contribution is 0.669. The molecule has 2 heterocycles. The van der Waals surface area contributed by atoms with Crippen LogP contribution in [0.5, 0.6) is 0 Å². The molecular formula is C58H36N2O. The molecule has 0 atom stereocenters. The number of nitrogens with zero attached hydrogens (tertiary/aromatic N) is 2. The molecule has 2 aromatic heterocycles. The van der Waals surface area contributed by atoms with Crippen molar-refractivity contribution in [3.63, 3.8) is 0 Å². The van der Waals surface area contributed by atoms with Crippen LogP contribution in [0, 0.1) is 0 Å². The van der Waals surface area contributed by atoms with Crippen molar-refractivity contribution in [1.29, 1.82) is 0 Å². The maximum Gasteiger partial charge on any atom is 0.160 e. The summed E-state index contributed by atoms with van der Waals surface area (Å²) in [5, 5.41) is 9.76. The molecule has 0 radical (unpaired) electrons. The average molecular weight is 777 g/mol. The Kier molecular flexibility index (Phi) is 8.17. The van der Waals surface area contributed by atoms with Crippen molar-refractivity contribution >= 4 is 54.3 Å². The maximum absolute atomic E-state index is 6.14. The number of rotatable bonds is 6. The third kappa shape index (κ3) is 6.14. The highest BCUT2D eigenvalue weighted by molar-refractivity contribution is 6.20. The molecule has 12 rings (SSSR count). The van der Waals surface area contributed by atoms with Gasteiger partial charge in [-0.1, -0.05) is 170 Å². The van der Waals surface area contributed by atoms with Gasteiger partial charge in [0.05, 0.1) is 11.4 Å². The molecule has 0 aliphatic rings. The van der Waals surface area contributed by atoms with Crippen molar-refractivity contribution < 1.29 is 4.42 Å². The molecule has 0 fully saturated rings. The fraction of sp³-hybridized carbons (Fsp3) is 0. The van der Waals surface area contributed by atoms with Gasteiger partial charge in [-0.15, -0.1) is 0 Å². The lowest BCUT2D eigenvalue weighted by Gasteiger charge is -2.15. The van der Waals surface area contributed by atoms with Gasteiger partial charge >= 0.3 is 0 Å². The molecular weight excluding hydrogens is 741 g/mol. The highest BCUT2D eigenvalue weighted by Crippen LogP contribution is 2.41. The summed E-state index contributed by atoms with van der Waals surface area (Å²) in [5.41, 5.74) is 13.5. The molecule has 0 N–H and O–H groups in total. The minimum absolute atomic E-state index is 0.688. The van der Waals surface area contributed by atoms with Gasteiger partial charge in [-0.05, 0) is 114 Å². The first-order valence-corrected chi connectivity index (χ1v) is 20.7. The minimum atomic E-state index is 0.688. The van der Waals surface area contributed by atoms with E-state index in [0.717, 1.165) is 72.3 Å². The molecule has 284 valence electrons. The zero-order valence-corrected chi connectivity index (χ0v) is 33.1. The van der Waals surface area contributed by atoms with Crippen LogP contribution in [-0.2, 0) is 0 Å². The van der Waals surface area contributed by atoms with Gasteiger partial charge in [0.15, 0.2) is 5.82 Å². The second-order valence-electron chi connectivity index (χ2n) is 15.7. The van der Waals surface area contributed by atoms with E-state index in [2.05, 4.69) is 188 Å². The van der Waals surface area contributed by atoms with E-state index in [4.69, 9.17) is 14.4 Å². The number of aromatic nitrogens is 2. The van der Waals surface area contributed by atoms with Crippen LogP contribution in [-0.4, -0.2) is 9.97 Å². The van der Waals surface area contributed by atoms with Crippen LogP contribution in [0.15, 0.2) is 223 Å². The zero-order valence-electron chi connectivity index (χ0n) is 33.1. The number of fused-ring (bicyclic) bond motifs is 7. The Morgan fingerprint density at radius 1 is 0.262 bits per heavy atom. The van der Waals surface area contributed by atoms with Crippen molar-refractivity contribution in [1.82, 2.24) is 9.97 Å². The van der Waals surface area contributed by atoms with Gasteiger partial charge in [-0.25, -0.2) is 9.97 Å². The molecule has 0 saturated heterocycles. The molecule has 3 heteroatoms. The second-order valence-corrected chi connectivity index (χ2v) is 15.7. The van der Waals surface area contributed by atoms with Crippen molar-refractivity contribution in [3.8, 4) is 67.3 Å². The molecule has 0 unspecified atom stereocenters. The molecule has 10 aromatic carbocycles. The van der Waals surface area contributed by atoms with Crippen LogP contribution in [0.25, 0.3) is 122 Å². The first kappa shape index (κ1) is 34.9. The van der Waals surface area contributed by atoms with E-state index < -0.39 is 0 Å². The fourth-order valence-electron chi connectivity index (χ4n) is 9.07. The Balaban J connectivity index is 0.964. The summed E-state index contributed by atoms with van der Waals surface area (Å²) in [6.45, 7) is 0. The Bertz CT molecular complexity index is 3660. The van der Waals surface area contributed by atoms with Crippen LogP contribution in [0.1, 0.15) is 0 Å². The van der Waals surface area contributed by atoms with Crippen molar-refractivity contribution in [2.75, 3.05) is 0 Å². The maximum atomic E-state index is 6.14. The van der Waals surface area contributed by atoms with Gasteiger partial charge in [0.25, 0.3) is 0 Å². The quantitative estimate of drug-likeness (QED) is 0.125. The van der Waals surface area contributed by atoms with Gasteiger partial charge < -0.3 is 4.42 Å². The van der Waals surface area contributed by atoms with E-state index in [1.807, 2.05) is 30.3 Å². The summed E-state index contributed by atoms with van der Waals surface area (Å²) in [6.07, 6.45) is 0. The van der Waals surface area contributed by atoms with Crippen LogP contribution in [0.2, 0.25) is 0 Å². The molecule has 0 aliphatic heterocycles. The average Bonchev–Trinajstić information content (AvgIpc) is 3.71. The first-order valence-electron chi connectivity index (χ1n) is 20.7. The predicted octanol–water partition coefficient (Wildman–Crippen LogP) is 15.8. The predicted molar refractivity (Wildman–Crippen MR) is 254 cm³/mol. The molecule has 0 spiro atoms. The normalized spacial score (nSPS) is 11.6. The largest absolute Gasteiger partial charge is 0.456 e. The topological polar surface area (TPSA) is 38.9 Å². The van der Waals surface area contributed by atoms with Gasteiger partial charge in [0, 0.05) is 27.5 Å². The third-order valence-corrected chi connectivity index (χ3v) is 12.0. The minimum Gasteiger partial charge on any atom is -0.456 e. The zero-order chi connectivity index (χ0) is 40.3. The Morgan fingerprint density at radius 2 is 0.803 bits per heavy atom. The molecule has 0 aliphatic carbocycles. The van der Waals surface area contributed by atoms with E-state index in [9.17, 15) is 0 Å². The smallest absolute Gasteiger partial charge is 0.160 e. The molecule has 0 amide bonds. The molecule has 12 aromatic rings. The van der Waals surface area contributed by atoms with Gasteiger partial charge in [-0.3, -0.25) is 0 Å². The highest BCUT2D eigenvalue weighted by atomic mass is 16.3. The van der Waals surface area contributed by atoms with Crippen molar-refractivity contribution in [3.05, 3.63) is 218 Å². The van der Waals surface area contributed by atoms with Crippen LogP contribution >= 0.6 is 0 Å². The van der Waals surface area contributed by atoms with E-state index in [1.165, 1.54) is 43.4 Å². The Labute approximate surface area is 352 Å². The van der Waals surface area contributed by atoms with E-state index in [0.29, 0.717) is 5.82 Å². The van der Waals surface area contributed by atoms with Crippen molar-refractivity contribution in [2.24, 2.45) is 0 Å². The van der Waals surface area contributed by atoms with Crippen LogP contribution in [0.3, 0.4) is 0 Å². The summed E-state index contributed by atoms with van der Waals surface area (Å²) in [7, 11) is 0. The number of hydrogen-bond donors (Lipinski definition) is 0. The van der Waals surface area contributed by atoms with E-state index in [1.54, 1.807) is 0 Å². The van der Waals surface area contributed by atoms with Gasteiger partial charge in [0.1, 0.15) is 11.2 Å². The van der Waals surface area contributed by atoms with Crippen LogP contribution in [0.4, 0.5) is 0 Å². The first-order chi connectivity index (χ1) is 30.2. The Hall–Kier alpha value is -8.14. The summed E-state index contributed by atoms with van der Waals surface area (Å²) < 4.78 is 6.14. The summed E-state index contributed by atoms with van der Waals surface area (Å²) in [4.78, 5) is 10.4. The van der Waals surface area contributed by atoms with Crippen LogP contribution < -0.4 is 0 Å². The third-order valence-electron chi connectivity index (χ3n) is 12.0. The summed E-state index contributed by atoms with van der Waals surface area (Å²) in [5.74, 6) is 0.688. The number of benzene rings is 10. The SMILES string of the molecule is c1ccc(-c2nc(-c3cccc(-c4cccc(-c5c6ccccc6cc6c5ccc5ccccc56)c4)c3)cc(-c3cccc(-c4ccc5oc6ccccc6c5c4)c3)n2)cc1. The number of hydrogen-bond acceptors (Lipinski definition) is 3. The van der Waals surface area contributed by atoms with Gasteiger partial charge in [0.2, 0.25) is 0 Å². The lowest BCUT2D eigenvalue weighted by Crippen LogP contribution is -1.96. The Morgan fingerprint density at radius 3 is 1.54 bits per heavy atom.